The molecule has 0 atom stereocenters. The Morgan fingerprint density at radius 2 is 1.56 bits per heavy atom. The van der Waals surface area contributed by atoms with Gasteiger partial charge in [0.2, 0.25) is 5.16 Å². The molecule has 0 aliphatic rings. The van der Waals surface area contributed by atoms with Crippen LogP contribution in [-0.2, 0) is 0 Å². The first kappa shape index (κ1) is 15.9. The Morgan fingerprint density at radius 1 is 0.800 bits per heavy atom. The monoisotopic (exact) mass is 364 g/mol. The van der Waals surface area contributed by atoms with Crippen LogP contribution in [0.3, 0.4) is 0 Å². The van der Waals surface area contributed by atoms with Crippen molar-refractivity contribution >= 4 is 23.4 Å². The SMILES string of the molecule is Clc1ccc(-n2c(Sc3ccccn3)nnc2-c2ccccc2)cc1. The minimum atomic E-state index is 0.692. The average Bonchev–Trinajstić information content (AvgIpc) is 3.07. The fourth-order valence-corrected chi connectivity index (χ4v) is 3.37. The molecule has 0 unspecified atom stereocenters. The molecule has 0 saturated heterocycles. The van der Waals surface area contributed by atoms with E-state index in [1.807, 2.05) is 77.4 Å². The Bertz CT molecular complexity index is 970. The maximum Gasteiger partial charge on any atom is 0.202 e. The molecule has 2 aromatic carbocycles. The minimum Gasteiger partial charge on any atom is -0.270 e. The quantitative estimate of drug-likeness (QED) is 0.503. The third-order valence-corrected chi connectivity index (χ3v) is 4.73. The highest BCUT2D eigenvalue weighted by Crippen LogP contribution is 2.31. The smallest absolute Gasteiger partial charge is 0.202 e. The van der Waals surface area contributed by atoms with Crippen LogP contribution in [0, 0.1) is 0 Å². The Balaban J connectivity index is 1.84. The highest BCUT2D eigenvalue weighted by atomic mass is 35.5. The molecule has 4 nitrogen and oxygen atoms in total. The van der Waals surface area contributed by atoms with Gasteiger partial charge in [0, 0.05) is 22.5 Å². The molecule has 0 aliphatic heterocycles. The fraction of sp³-hybridized carbons (Fsp3) is 0. The number of hydrogen-bond acceptors (Lipinski definition) is 4. The van der Waals surface area contributed by atoms with E-state index in [-0.39, 0.29) is 0 Å². The highest BCUT2D eigenvalue weighted by Gasteiger charge is 2.17. The van der Waals surface area contributed by atoms with Crippen molar-refractivity contribution in [3.05, 3.63) is 84.0 Å². The second kappa shape index (κ2) is 7.09. The van der Waals surface area contributed by atoms with Gasteiger partial charge < -0.3 is 0 Å². The van der Waals surface area contributed by atoms with Gasteiger partial charge in [-0.05, 0) is 48.2 Å². The number of nitrogens with zero attached hydrogens (tertiary/aromatic N) is 4. The summed E-state index contributed by atoms with van der Waals surface area (Å²) in [5, 5.41) is 11.1. The summed E-state index contributed by atoms with van der Waals surface area (Å²) < 4.78 is 2.02. The van der Waals surface area contributed by atoms with Crippen LogP contribution in [0.4, 0.5) is 0 Å². The van der Waals surface area contributed by atoms with E-state index in [1.54, 1.807) is 6.20 Å². The summed E-state index contributed by atoms with van der Waals surface area (Å²) in [4.78, 5) is 4.37. The van der Waals surface area contributed by atoms with E-state index in [1.165, 1.54) is 11.8 Å². The number of hydrogen-bond donors (Lipinski definition) is 0. The van der Waals surface area contributed by atoms with E-state index < -0.39 is 0 Å². The summed E-state index contributed by atoms with van der Waals surface area (Å²) in [5.41, 5.74) is 1.95. The van der Waals surface area contributed by atoms with Crippen molar-refractivity contribution in [1.82, 2.24) is 19.7 Å². The molecule has 0 saturated carbocycles. The maximum atomic E-state index is 6.04. The van der Waals surface area contributed by atoms with Crippen molar-refractivity contribution in [3.8, 4) is 17.1 Å². The lowest BCUT2D eigenvalue weighted by Gasteiger charge is -2.10. The van der Waals surface area contributed by atoms with Gasteiger partial charge in [0.25, 0.3) is 0 Å². The van der Waals surface area contributed by atoms with Crippen molar-refractivity contribution in [1.29, 1.82) is 0 Å². The molecule has 4 rings (SSSR count). The van der Waals surface area contributed by atoms with Gasteiger partial charge in [0.05, 0.1) is 0 Å². The first-order valence-corrected chi connectivity index (χ1v) is 8.86. The molecule has 0 aliphatic carbocycles. The number of halogens is 1. The number of benzene rings is 2. The Labute approximate surface area is 154 Å². The zero-order chi connectivity index (χ0) is 17.1. The zero-order valence-electron chi connectivity index (χ0n) is 13.1. The Hall–Kier alpha value is -2.63. The molecular formula is C19H13ClN4S. The van der Waals surface area contributed by atoms with E-state index in [4.69, 9.17) is 11.6 Å². The lowest BCUT2D eigenvalue weighted by Crippen LogP contribution is -1.99. The second-order valence-electron chi connectivity index (χ2n) is 5.25. The average molecular weight is 365 g/mol. The van der Waals surface area contributed by atoms with Gasteiger partial charge in [0.15, 0.2) is 5.82 Å². The van der Waals surface area contributed by atoms with Gasteiger partial charge in [-0.15, -0.1) is 10.2 Å². The third kappa shape index (κ3) is 3.43. The van der Waals surface area contributed by atoms with Crippen LogP contribution in [0.2, 0.25) is 5.02 Å². The predicted molar refractivity (Wildman–Crippen MR) is 100 cm³/mol. The first-order chi connectivity index (χ1) is 12.3. The van der Waals surface area contributed by atoms with Crippen molar-refractivity contribution in [2.75, 3.05) is 0 Å². The molecule has 4 aromatic rings. The van der Waals surface area contributed by atoms with Crippen LogP contribution in [0.1, 0.15) is 0 Å². The standard InChI is InChI=1S/C19H13ClN4S/c20-15-9-11-16(12-10-15)24-18(14-6-2-1-3-7-14)22-23-19(24)25-17-8-4-5-13-21-17/h1-13H. The van der Waals surface area contributed by atoms with Crippen molar-refractivity contribution in [2.45, 2.75) is 10.2 Å². The van der Waals surface area contributed by atoms with E-state index in [0.717, 1.165) is 27.3 Å². The minimum absolute atomic E-state index is 0.692. The van der Waals surface area contributed by atoms with E-state index in [9.17, 15) is 0 Å². The third-order valence-electron chi connectivity index (χ3n) is 3.58. The maximum absolute atomic E-state index is 6.04. The molecule has 122 valence electrons. The topological polar surface area (TPSA) is 43.6 Å². The molecule has 2 heterocycles. The fourth-order valence-electron chi connectivity index (χ4n) is 2.43. The van der Waals surface area contributed by atoms with Gasteiger partial charge in [-0.2, -0.15) is 0 Å². The van der Waals surface area contributed by atoms with Crippen LogP contribution in [0.5, 0.6) is 0 Å². The summed E-state index contributed by atoms with van der Waals surface area (Å²) in [6.45, 7) is 0. The summed E-state index contributed by atoms with van der Waals surface area (Å²) in [7, 11) is 0. The second-order valence-corrected chi connectivity index (χ2v) is 6.68. The van der Waals surface area contributed by atoms with Gasteiger partial charge in [-0.3, -0.25) is 4.57 Å². The lowest BCUT2D eigenvalue weighted by atomic mass is 10.2. The van der Waals surface area contributed by atoms with Gasteiger partial charge >= 0.3 is 0 Å². The molecule has 0 radical (unpaired) electrons. The Kier molecular flexibility index (Phi) is 4.50. The molecule has 0 spiro atoms. The molecule has 0 N–H and O–H groups in total. The number of rotatable bonds is 4. The van der Waals surface area contributed by atoms with Crippen LogP contribution >= 0.6 is 23.4 Å². The number of aromatic nitrogens is 4. The van der Waals surface area contributed by atoms with Crippen molar-refractivity contribution in [3.63, 3.8) is 0 Å². The molecular weight excluding hydrogens is 352 g/mol. The van der Waals surface area contributed by atoms with Crippen LogP contribution in [0.25, 0.3) is 17.1 Å². The summed E-state index contributed by atoms with van der Waals surface area (Å²) in [5.74, 6) is 0.779. The summed E-state index contributed by atoms with van der Waals surface area (Å²) >= 11 is 7.52. The lowest BCUT2D eigenvalue weighted by molar-refractivity contribution is 0.883. The van der Waals surface area contributed by atoms with Gasteiger partial charge in [0.1, 0.15) is 5.03 Å². The predicted octanol–water partition coefficient (Wildman–Crippen LogP) is 5.13. The molecule has 0 bridgehead atoms. The van der Waals surface area contributed by atoms with Crippen LogP contribution in [-0.4, -0.2) is 19.7 Å². The molecule has 6 heteroatoms. The van der Waals surface area contributed by atoms with Crippen LogP contribution < -0.4 is 0 Å². The molecule has 2 aromatic heterocycles. The zero-order valence-corrected chi connectivity index (χ0v) is 14.7. The molecule has 0 fully saturated rings. The normalized spacial score (nSPS) is 10.8. The van der Waals surface area contributed by atoms with Crippen molar-refractivity contribution < 1.29 is 0 Å². The van der Waals surface area contributed by atoms with E-state index in [0.29, 0.717) is 5.02 Å². The summed E-state index contributed by atoms with van der Waals surface area (Å²) in [6.07, 6.45) is 1.77. The van der Waals surface area contributed by atoms with Gasteiger partial charge in [-0.25, -0.2) is 4.98 Å². The summed E-state index contributed by atoms with van der Waals surface area (Å²) in [6, 6.07) is 23.4. The van der Waals surface area contributed by atoms with Crippen LogP contribution in [0.15, 0.2) is 89.2 Å². The molecule has 0 amide bonds. The number of pyridine rings is 1. The van der Waals surface area contributed by atoms with E-state index in [2.05, 4.69) is 15.2 Å². The van der Waals surface area contributed by atoms with Crippen molar-refractivity contribution in [2.24, 2.45) is 0 Å². The largest absolute Gasteiger partial charge is 0.270 e. The van der Waals surface area contributed by atoms with Gasteiger partial charge in [-0.1, -0.05) is 48.0 Å². The Morgan fingerprint density at radius 3 is 2.28 bits per heavy atom. The molecule has 25 heavy (non-hydrogen) atoms. The highest BCUT2D eigenvalue weighted by molar-refractivity contribution is 7.99. The first-order valence-electron chi connectivity index (χ1n) is 7.67. The van der Waals surface area contributed by atoms with E-state index >= 15 is 0 Å².